The Morgan fingerprint density at radius 1 is 1.43 bits per heavy atom. The van der Waals surface area contributed by atoms with Crippen LogP contribution in [0.3, 0.4) is 0 Å². The lowest BCUT2D eigenvalue weighted by atomic mass is 10.1. The van der Waals surface area contributed by atoms with Crippen LogP contribution in [0.4, 0.5) is 10.5 Å². The molecule has 1 aliphatic heterocycles. The molecule has 1 aromatic carbocycles. The van der Waals surface area contributed by atoms with Gasteiger partial charge in [-0.3, -0.25) is 19.8 Å². The van der Waals surface area contributed by atoms with Gasteiger partial charge in [0.2, 0.25) is 0 Å². The lowest BCUT2D eigenvalue weighted by Crippen LogP contribution is -2.31. The monoisotopic (exact) mass is 309 g/mol. The first-order chi connectivity index (χ1) is 9.93. The Balaban J connectivity index is 2.33. The van der Waals surface area contributed by atoms with Crippen molar-refractivity contribution in [1.29, 1.82) is 0 Å². The standard InChI is InChI=1S/C13H12ClN3O4/c1-2-5-16-12(18)10(15-13(16)19)6-8-3-4-9(14)11(7-8)17(20)21/h3-4,6-7H,2,5H2,1H3,(H,15,19)/b10-6+. The van der Waals surface area contributed by atoms with Crippen molar-refractivity contribution >= 4 is 35.3 Å². The molecule has 1 aromatic rings. The molecule has 21 heavy (non-hydrogen) atoms. The van der Waals surface area contributed by atoms with Gasteiger partial charge in [-0.15, -0.1) is 0 Å². The van der Waals surface area contributed by atoms with E-state index in [9.17, 15) is 19.7 Å². The summed E-state index contributed by atoms with van der Waals surface area (Å²) in [5.41, 5.74) is 0.242. The number of halogens is 1. The lowest BCUT2D eigenvalue weighted by Gasteiger charge is -2.08. The molecule has 3 amide bonds. The number of carbonyl (C=O) groups is 2. The van der Waals surface area contributed by atoms with Gasteiger partial charge in [-0.2, -0.15) is 0 Å². The van der Waals surface area contributed by atoms with Crippen LogP contribution in [0.2, 0.25) is 5.02 Å². The molecule has 1 N–H and O–H groups in total. The molecule has 1 heterocycles. The minimum absolute atomic E-state index is 0.0107. The van der Waals surface area contributed by atoms with Crippen molar-refractivity contribution in [3.05, 3.63) is 44.6 Å². The number of rotatable bonds is 4. The van der Waals surface area contributed by atoms with Crippen molar-refractivity contribution in [2.24, 2.45) is 0 Å². The van der Waals surface area contributed by atoms with Crippen LogP contribution >= 0.6 is 11.6 Å². The summed E-state index contributed by atoms with van der Waals surface area (Å²) in [5, 5.41) is 13.3. The van der Waals surface area contributed by atoms with E-state index in [0.717, 1.165) is 4.90 Å². The van der Waals surface area contributed by atoms with Gasteiger partial charge >= 0.3 is 6.03 Å². The Labute approximate surface area is 125 Å². The van der Waals surface area contributed by atoms with Gasteiger partial charge < -0.3 is 5.32 Å². The highest BCUT2D eigenvalue weighted by Gasteiger charge is 2.32. The number of carbonyl (C=O) groups excluding carboxylic acids is 2. The SMILES string of the molecule is CCCN1C(=O)N/C(=C/c2ccc(Cl)c([N+](=O)[O-])c2)C1=O. The summed E-state index contributed by atoms with van der Waals surface area (Å²) in [4.78, 5) is 34.9. The van der Waals surface area contributed by atoms with Crippen LogP contribution in [0.15, 0.2) is 23.9 Å². The van der Waals surface area contributed by atoms with E-state index in [4.69, 9.17) is 11.6 Å². The number of urea groups is 1. The molecule has 0 aliphatic carbocycles. The number of amides is 3. The highest BCUT2D eigenvalue weighted by Crippen LogP contribution is 2.26. The summed E-state index contributed by atoms with van der Waals surface area (Å²) in [6.45, 7) is 2.17. The molecule has 0 atom stereocenters. The van der Waals surface area contributed by atoms with Gasteiger partial charge in [0.15, 0.2) is 0 Å². The van der Waals surface area contributed by atoms with Gasteiger partial charge in [0.1, 0.15) is 10.7 Å². The zero-order valence-electron chi connectivity index (χ0n) is 11.1. The van der Waals surface area contributed by atoms with E-state index in [2.05, 4.69) is 5.32 Å². The molecule has 0 radical (unpaired) electrons. The van der Waals surface area contributed by atoms with E-state index in [1.54, 1.807) is 0 Å². The lowest BCUT2D eigenvalue weighted by molar-refractivity contribution is -0.384. The van der Waals surface area contributed by atoms with Crippen LogP contribution in [0.5, 0.6) is 0 Å². The van der Waals surface area contributed by atoms with Crippen LogP contribution in [-0.4, -0.2) is 28.3 Å². The molecule has 7 nitrogen and oxygen atoms in total. The van der Waals surface area contributed by atoms with Crippen molar-refractivity contribution in [2.75, 3.05) is 6.54 Å². The van der Waals surface area contributed by atoms with Gasteiger partial charge in [-0.25, -0.2) is 4.79 Å². The maximum Gasteiger partial charge on any atom is 0.329 e. The Hall–Kier alpha value is -2.41. The van der Waals surface area contributed by atoms with E-state index < -0.39 is 16.9 Å². The molecule has 2 rings (SSSR count). The minimum Gasteiger partial charge on any atom is -0.303 e. The van der Waals surface area contributed by atoms with Crippen LogP contribution in [-0.2, 0) is 4.79 Å². The number of nitro groups is 1. The summed E-state index contributed by atoms with van der Waals surface area (Å²) in [5.74, 6) is -0.445. The van der Waals surface area contributed by atoms with Gasteiger partial charge in [0.05, 0.1) is 4.92 Å². The molecule has 0 aromatic heterocycles. The maximum absolute atomic E-state index is 12.0. The third-order valence-corrected chi connectivity index (χ3v) is 3.21. The van der Waals surface area contributed by atoms with Crippen molar-refractivity contribution in [2.45, 2.75) is 13.3 Å². The zero-order chi connectivity index (χ0) is 15.6. The Kier molecular flexibility index (Phi) is 4.23. The molecule has 1 saturated heterocycles. The number of hydrogen-bond donors (Lipinski definition) is 1. The van der Waals surface area contributed by atoms with E-state index in [1.165, 1.54) is 24.3 Å². The quantitative estimate of drug-likeness (QED) is 0.400. The summed E-state index contributed by atoms with van der Waals surface area (Å²) in [6, 6.07) is 3.66. The van der Waals surface area contributed by atoms with Gasteiger partial charge in [-0.05, 0) is 24.1 Å². The fraction of sp³-hybridized carbons (Fsp3) is 0.231. The Morgan fingerprint density at radius 2 is 2.14 bits per heavy atom. The number of nitrogens with one attached hydrogen (secondary N) is 1. The van der Waals surface area contributed by atoms with Crippen molar-refractivity contribution in [3.63, 3.8) is 0 Å². The highest BCUT2D eigenvalue weighted by atomic mass is 35.5. The second-order valence-corrected chi connectivity index (χ2v) is 4.82. The normalized spacial score (nSPS) is 16.5. The van der Waals surface area contributed by atoms with Crippen LogP contribution in [0.1, 0.15) is 18.9 Å². The van der Waals surface area contributed by atoms with Crippen LogP contribution < -0.4 is 5.32 Å². The van der Waals surface area contributed by atoms with E-state index >= 15 is 0 Å². The second kappa shape index (κ2) is 5.92. The molecule has 0 saturated carbocycles. The number of nitro benzene ring substituents is 1. The predicted molar refractivity (Wildman–Crippen MR) is 76.6 cm³/mol. The first-order valence-electron chi connectivity index (χ1n) is 6.22. The van der Waals surface area contributed by atoms with Gasteiger partial charge in [0, 0.05) is 12.6 Å². The van der Waals surface area contributed by atoms with Crippen molar-refractivity contribution < 1.29 is 14.5 Å². The molecular formula is C13H12ClN3O4. The fourth-order valence-electron chi connectivity index (χ4n) is 1.92. The first kappa shape index (κ1) is 15.0. The van der Waals surface area contributed by atoms with E-state index in [1.807, 2.05) is 6.92 Å². The number of imide groups is 1. The second-order valence-electron chi connectivity index (χ2n) is 4.41. The third kappa shape index (κ3) is 3.03. The molecule has 8 heteroatoms. The molecule has 1 fully saturated rings. The Morgan fingerprint density at radius 3 is 2.76 bits per heavy atom. The van der Waals surface area contributed by atoms with Gasteiger partial charge in [-0.1, -0.05) is 24.6 Å². The molecular weight excluding hydrogens is 298 g/mol. The van der Waals surface area contributed by atoms with Crippen LogP contribution in [0, 0.1) is 10.1 Å². The number of nitrogens with zero attached hydrogens (tertiary/aromatic N) is 2. The number of benzene rings is 1. The van der Waals surface area contributed by atoms with Crippen molar-refractivity contribution in [1.82, 2.24) is 10.2 Å². The average Bonchev–Trinajstić information content (AvgIpc) is 2.69. The van der Waals surface area contributed by atoms with Gasteiger partial charge in [0.25, 0.3) is 11.6 Å². The smallest absolute Gasteiger partial charge is 0.303 e. The maximum atomic E-state index is 12.0. The Bertz CT molecular complexity index is 657. The largest absolute Gasteiger partial charge is 0.329 e. The third-order valence-electron chi connectivity index (χ3n) is 2.89. The molecule has 0 bridgehead atoms. The topological polar surface area (TPSA) is 92.6 Å². The summed E-state index contributed by atoms with van der Waals surface area (Å²) < 4.78 is 0. The summed E-state index contributed by atoms with van der Waals surface area (Å²) >= 11 is 5.72. The fourth-order valence-corrected chi connectivity index (χ4v) is 2.11. The molecule has 0 unspecified atom stereocenters. The molecule has 110 valence electrons. The predicted octanol–water partition coefficient (Wildman–Crippen LogP) is 2.55. The van der Waals surface area contributed by atoms with Crippen molar-refractivity contribution in [3.8, 4) is 0 Å². The highest BCUT2D eigenvalue weighted by molar-refractivity contribution is 6.32. The molecule has 0 spiro atoms. The summed E-state index contributed by atoms with van der Waals surface area (Å²) in [7, 11) is 0. The zero-order valence-corrected chi connectivity index (χ0v) is 11.9. The van der Waals surface area contributed by atoms with E-state index in [0.29, 0.717) is 18.5 Å². The minimum atomic E-state index is -0.608. The first-order valence-corrected chi connectivity index (χ1v) is 6.60. The number of hydrogen-bond acceptors (Lipinski definition) is 4. The summed E-state index contributed by atoms with van der Waals surface area (Å²) in [6.07, 6.45) is 2.04. The average molecular weight is 310 g/mol. The molecule has 1 aliphatic rings. The van der Waals surface area contributed by atoms with E-state index in [-0.39, 0.29) is 16.4 Å². The van der Waals surface area contributed by atoms with Crippen LogP contribution in [0.25, 0.3) is 6.08 Å².